The van der Waals surface area contributed by atoms with E-state index in [4.69, 9.17) is 19.0 Å². The summed E-state index contributed by atoms with van der Waals surface area (Å²) in [6, 6.07) is 11.8. The maximum atomic E-state index is 13.0. The molecular formula is C31H39N4O8+. The molecule has 1 atom stereocenters. The molecule has 0 aliphatic carbocycles. The number of hydrogen-bond acceptors (Lipinski definition) is 8. The van der Waals surface area contributed by atoms with Crippen molar-refractivity contribution in [1.82, 2.24) is 15.1 Å². The number of benzene rings is 2. The molecule has 0 spiro atoms. The highest BCUT2D eigenvalue weighted by molar-refractivity contribution is 6.20. The average Bonchev–Trinajstić information content (AvgIpc) is 3.34. The van der Waals surface area contributed by atoms with Crippen molar-refractivity contribution in [2.75, 3.05) is 13.2 Å². The number of carbonyl (C=O) groups is 4. The number of carbonyl (C=O) groups excluding carboxylic acids is 4. The van der Waals surface area contributed by atoms with Crippen molar-refractivity contribution >= 4 is 34.8 Å². The number of imide groups is 1. The number of aryl methyl sites for hydroxylation is 2. The van der Waals surface area contributed by atoms with Gasteiger partial charge in [-0.2, -0.15) is 4.68 Å². The Balaban J connectivity index is 1.42. The minimum absolute atomic E-state index is 0.194. The summed E-state index contributed by atoms with van der Waals surface area (Å²) < 4.78 is 20.7. The molecule has 0 bridgehead atoms. The number of amides is 3. The summed E-state index contributed by atoms with van der Waals surface area (Å²) in [7, 11) is 1.93. The first-order chi connectivity index (χ1) is 20.1. The maximum absolute atomic E-state index is 13.0. The molecule has 4 rings (SSSR count). The molecule has 1 aliphatic heterocycles. The van der Waals surface area contributed by atoms with Crippen LogP contribution < -0.4 is 14.7 Å². The van der Waals surface area contributed by atoms with E-state index in [-0.39, 0.29) is 17.7 Å². The minimum Gasteiger partial charge on any atom is -0.490 e. The molecule has 1 N–H and O–H groups in total. The minimum atomic E-state index is -1.39. The first-order valence-electron chi connectivity index (χ1n) is 14.1. The van der Waals surface area contributed by atoms with E-state index in [2.05, 4.69) is 5.32 Å². The number of alkyl carbamates (subject to hydrolysis) is 1. The zero-order chi connectivity index (χ0) is 31.5. The van der Waals surface area contributed by atoms with Crippen molar-refractivity contribution in [2.24, 2.45) is 7.05 Å². The molecule has 3 amide bonds. The normalized spacial score (nSPS) is 14.1. The van der Waals surface area contributed by atoms with E-state index in [1.807, 2.05) is 55.5 Å². The second-order valence-electron chi connectivity index (χ2n) is 12.2. The van der Waals surface area contributed by atoms with E-state index >= 15 is 0 Å². The number of nitrogens with one attached hydrogen (secondary N) is 1. The van der Waals surface area contributed by atoms with Gasteiger partial charge in [-0.05, 0) is 72.2 Å². The Morgan fingerprint density at radius 1 is 0.930 bits per heavy atom. The molecule has 1 unspecified atom stereocenters. The van der Waals surface area contributed by atoms with E-state index < -0.39 is 41.2 Å². The molecule has 1 aromatic heterocycles. The Morgan fingerprint density at radius 3 is 2.16 bits per heavy atom. The Labute approximate surface area is 250 Å². The van der Waals surface area contributed by atoms with Crippen molar-refractivity contribution in [1.29, 1.82) is 0 Å². The van der Waals surface area contributed by atoms with Crippen LogP contribution in [0.25, 0.3) is 10.9 Å². The molecule has 12 nitrogen and oxygen atoms in total. The molecule has 1 aliphatic rings. The van der Waals surface area contributed by atoms with Gasteiger partial charge in [0.05, 0.1) is 29.3 Å². The van der Waals surface area contributed by atoms with Crippen LogP contribution in [0.15, 0.2) is 48.7 Å². The van der Waals surface area contributed by atoms with Crippen LogP contribution in [-0.2, 0) is 32.7 Å². The zero-order valence-corrected chi connectivity index (χ0v) is 25.6. The third-order valence-electron chi connectivity index (χ3n) is 6.31. The van der Waals surface area contributed by atoms with Crippen LogP contribution in [0, 0.1) is 0 Å². The molecule has 0 radical (unpaired) electrons. The summed E-state index contributed by atoms with van der Waals surface area (Å²) in [4.78, 5) is 56.2. The number of fused-ring (bicyclic) bond motifs is 2. The molecule has 0 saturated heterocycles. The van der Waals surface area contributed by atoms with E-state index in [9.17, 15) is 19.2 Å². The lowest BCUT2D eigenvalue weighted by atomic mass is 10.1. The number of rotatable bonds is 10. The molecular weight excluding hydrogens is 556 g/mol. The van der Waals surface area contributed by atoms with Crippen LogP contribution in [0.1, 0.15) is 68.7 Å². The van der Waals surface area contributed by atoms with Gasteiger partial charge in [-0.1, -0.05) is 12.1 Å². The Morgan fingerprint density at radius 2 is 1.56 bits per heavy atom. The van der Waals surface area contributed by atoms with Gasteiger partial charge in [0.15, 0.2) is 7.05 Å². The second-order valence-corrected chi connectivity index (χ2v) is 12.2. The van der Waals surface area contributed by atoms with Gasteiger partial charge in [-0.3, -0.25) is 9.59 Å². The first-order valence-corrected chi connectivity index (χ1v) is 14.1. The predicted octanol–water partition coefficient (Wildman–Crippen LogP) is 3.70. The Bertz CT molecular complexity index is 1500. The van der Waals surface area contributed by atoms with Crippen LogP contribution in [0.3, 0.4) is 0 Å². The quantitative estimate of drug-likeness (QED) is 0.163. The van der Waals surface area contributed by atoms with Crippen molar-refractivity contribution in [3.63, 3.8) is 0 Å². The number of aromatic nitrogens is 2. The SMILES string of the molecule is C[n+]1c2ccc(OCC(ON3C(=O)c4ccccc4C3=O)C(=O)OC(C)(C)C)cc2cn1CCCNC(=O)OC(C)(C)C. The summed E-state index contributed by atoms with van der Waals surface area (Å²) in [5, 5.41) is 4.23. The molecule has 2 aromatic carbocycles. The smallest absolute Gasteiger partial charge is 0.407 e. The Kier molecular flexibility index (Phi) is 9.09. The lowest BCUT2D eigenvalue weighted by Gasteiger charge is -2.25. The largest absolute Gasteiger partial charge is 0.490 e. The monoisotopic (exact) mass is 595 g/mol. The highest BCUT2D eigenvalue weighted by Crippen LogP contribution is 2.25. The van der Waals surface area contributed by atoms with E-state index in [0.717, 1.165) is 10.9 Å². The fraction of sp³-hybridized carbons (Fsp3) is 0.452. The van der Waals surface area contributed by atoms with Gasteiger partial charge in [0.2, 0.25) is 11.6 Å². The van der Waals surface area contributed by atoms with Crippen LogP contribution in [-0.4, -0.2) is 64.1 Å². The summed E-state index contributed by atoms with van der Waals surface area (Å²) in [6.45, 7) is 11.4. The van der Waals surface area contributed by atoms with Crippen molar-refractivity contribution in [2.45, 2.75) is 71.8 Å². The van der Waals surface area contributed by atoms with Crippen molar-refractivity contribution in [3.05, 3.63) is 59.8 Å². The van der Waals surface area contributed by atoms with Crippen molar-refractivity contribution in [3.8, 4) is 5.75 Å². The number of ether oxygens (including phenoxy) is 3. The average molecular weight is 596 g/mol. The summed E-state index contributed by atoms with van der Waals surface area (Å²) in [5.74, 6) is -1.64. The van der Waals surface area contributed by atoms with Gasteiger partial charge < -0.3 is 19.5 Å². The molecule has 2 heterocycles. The highest BCUT2D eigenvalue weighted by Gasteiger charge is 2.40. The maximum Gasteiger partial charge on any atom is 0.407 e. The van der Waals surface area contributed by atoms with Crippen molar-refractivity contribution < 1.29 is 42.9 Å². The van der Waals surface area contributed by atoms with Crippen LogP contribution in [0.2, 0.25) is 0 Å². The molecule has 3 aromatic rings. The van der Waals surface area contributed by atoms with E-state index in [1.165, 1.54) is 12.1 Å². The van der Waals surface area contributed by atoms with Gasteiger partial charge in [0.25, 0.3) is 11.8 Å². The van der Waals surface area contributed by atoms with Crippen LogP contribution >= 0.6 is 0 Å². The van der Waals surface area contributed by atoms with Crippen LogP contribution in [0.4, 0.5) is 4.79 Å². The lowest BCUT2D eigenvalue weighted by Crippen LogP contribution is -2.43. The lowest BCUT2D eigenvalue weighted by molar-refractivity contribution is -0.730. The first kappa shape index (κ1) is 31.5. The summed E-state index contributed by atoms with van der Waals surface area (Å²) in [5.41, 5.74) is -0.0553. The standard InChI is InChI=1S/C31H38N4O8/c1-30(2,3)41-28(38)25(43-35-26(36)22-11-8-9-12-23(22)27(35)37)19-40-21-13-14-24-20(17-21)18-34(33(24)7)16-10-15-32-29(39)42-31(4,5)6/h8-9,11-14,17-18,25H,10,15-16,19H2,1-7H3/p+1. The predicted molar refractivity (Wildman–Crippen MR) is 155 cm³/mol. The van der Waals surface area contributed by atoms with Gasteiger partial charge >= 0.3 is 12.1 Å². The van der Waals surface area contributed by atoms with E-state index in [0.29, 0.717) is 30.3 Å². The number of esters is 1. The van der Waals surface area contributed by atoms with Gasteiger partial charge in [0, 0.05) is 12.6 Å². The number of hydroxylamine groups is 2. The molecule has 0 fully saturated rings. The number of nitrogens with zero attached hydrogens (tertiary/aromatic N) is 3. The van der Waals surface area contributed by atoms with Gasteiger partial charge in [-0.15, -0.1) is 9.75 Å². The molecule has 230 valence electrons. The highest BCUT2D eigenvalue weighted by atomic mass is 16.7. The molecule has 0 saturated carbocycles. The molecule has 43 heavy (non-hydrogen) atoms. The fourth-order valence-corrected chi connectivity index (χ4v) is 4.44. The summed E-state index contributed by atoms with van der Waals surface area (Å²) >= 11 is 0. The third kappa shape index (κ3) is 7.89. The van der Waals surface area contributed by atoms with Gasteiger partial charge in [-0.25, -0.2) is 14.4 Å². The Hall–Kier alpha value is -4.45. The van der Waals surface area contributed by atoms with Gasteiger partial charge in [0.1, 0.15) is 23.6 Å². The zero-order valence-electron chi connectivity index (χ0n) is 25.6. The van der Waals surface area contributed by atoms with Crippen LogP contribution in [0.5, 0.6) is 5.75 Å². The second kappa shape index (κ2) is 12.4. The molecule has 12 heteroatoms. The van der Waals surface area contributed by atoms with E-state index in [1.54, 1.807) is 39.0 Å². The topological polar surface area (TPSA) is 129 Å². The number of hydrogen-bond donors (Lipinski definition) is 1. The fourth-order valence-electron chi connectivity index (χ4n) is 4.44. The summed E-state index contributed by atoms with van der Waals surface area (Å²) in [6.07, 6.45) is 0.795. The third-order valence-corrected chi connectivity index (χ3v) is 6.31.